The minimum atomic E-state index is -0.533. The lowest BCUT2D eigenvalue weighted by Gasteiger charge is -2.16. The second-order valence-electron chi connectivity index (χ2n) is 5.82. The van der Waals surface area contributed by atoms with Crippen molar-refractivity contribution in [1.82, 2.24) is 5.32 Å². The van der Waals surface area contributed by atoms with E-state index in [-0.39, 0.29) is 18.5 Å². The molecule has 27 heavy (non-hydrogen) atoms. The number of nitrogens with zero attached hydrogens (tertiary/aromatic N) is 1. The van der Waals surface area contributed by atoms with E-state index in [1.807, 2.05) is 12.1 Å². The molecule has 1 heterocycles. The highest BCUT2D eigenvalue weighted by molar-refractivity contribution is 8.00. The molecule has 0 aliphatic carbocycles. The molecule has 0 aromatic heterocycles. The first-order chi connectivity index (χ1) is 12.9. The van der Waals surface area contributed by atoms with E-state index in [0.717, 1.165) is 16.1 Å². The molecule has 0 saturated heterocycles. The van der Waals surface area contributed by atoms with Crippen molar-refractivity contribution in [3.63, 3.8) is 0 Å². The van der Waals surface area contributed by atoms with Crippen LogP contribution in [0.1, 0.15) is 11.5 Å². The molecule has 1 unspecified atom stereocenters. The molecule has 142 valence electrons. The Bertz CT molecular complexity index is 874. The lowest BCUT2D eigenvalue weighted by Crippen LogP contribution is -2.38. The minimum absolute atomic E-state index is 0.238. The largest absolute Gasteiger partial charge is 0.468 e. The molecule has 0 saturated carbocycles. The topological polar surface area (TPSA) is 70.7 Å². The third-order valence-electron chi connectivity index (χ3n) is 4.13. The highest BCUT2D eigenvalue weighted by Crippen LogP contribution is 2.39. The molecule has 3 rings (SSSR count). The first kappa shape index (κ1) is 19.7. The molecule has 1 atom stereocenters. The third-order valence-corrected chi connectivity index (χ3v) is 5.37. The number of methoxy groups -OCH3 is 1. The quantitative estimate of drug-likeness (QED) is 0.556. The summed E-state index contributed by atoms with van der Waals surface area (Å²) in [5.41, 5.74) is 2.20. The van der Waals surface area contributed by atoms with Crippen molar-refractivity contribution in [2.75, 3.05) is 30.3 Å². The van der Waals surface area contributed by atoms with Crippen LogP contribution in [0.25, 0.3) is 0 Å². The highest BCUT2D eigenvalue weighted by atomic mass is 35.5. The molecule has 0 bridgehead atoms. The Morgan fingerprint density at radius 3 is 2.52 bits per heavy atom. The normalized spacial score (nSPS) is 15.3. The summed E-state index contributed by atoms with van der Waals surface area (Å²) in [5.74, 6) is -0.913. The van der Waals surface area contributed by atoms with Gasteiger partial charge in [0, 0.05) is 39.9 Å². The lowest BCUT2D eigenvalue weighted by atomic mass is 10.0. The molecule has 1 aliphatic rings. The predicted octanol–water partition coefficient (Wildman–Crippen LogP) is 4.53. The van der Waals surface area contributed by atoms with Crippen molar-refractivity contribution in [2.24, 2.45) is 0 Å². The number of carbonyl (C=O) groups is 2. The van der Waals surface area contributed by atoms with E-state index in [9.17, 15) is 9.59 Å². The summed E-state index contributed by atoms with van der Waals surface area (Å²) in [5, 5.41) is 3.68. The zero-order valence-corrected chi connectivity index (χ0v) is 16.9. The summed E-state index contributed by atoms with van der Waals surface area (Å²) in [7, 11) is 2.89. The number of fused-ring (bicyclic) bond motifs is 1. The molecule has 0 spiro atoms. The first-order valence-electron chi connectivity index (χ1n) is 8.03. The fraction of sp³-hybridized carbons (Fsp3) is 0.222. The van der Waals surface area contributed by atoms with Crippen LogP contribution < -0.4 is 14.9 Å². The molecule has 6 nitrogen and oxygen atoms in total. The van der Waals surface area contributed by atoms with Gasteiger partial charge in [-0.15, -0.1) is 0 Å². The summed E-state index contributed by atoms with van der Waals surface area (Å²) < 4.78 is 8.10. The van der Waals surface area contributed by atoms with E-state index in [4.69, 9.17) is 27.9 Å². The maximum Gasteiger partial charge on any atom is 0.321 e. The Morgan fingerprint density at radius 2 is 1.89 bits per heavy atom. The van der Waals surface area contributed by atoms with Gasteiger partial charge in [-0.05, 0) is 53.9 Å². The fourth-order valence-corrected chi connectivity index (χ4v) is 4.29. The zero-order valence-electron chi connectivity index (χ0n) is 14.6. The van der Waals surface area contributed by atoms with Gasteiger partial charge in [-0.25, -0.2) is 4.79 Å². The number of benzene rings is 2. The van der Waals surface area contributed by atoms with Crippen molar-refractivity contribution in [3.05, 3.63) is 52.0 Å². The molecule has 2 aromatic rings. The van der Waals surface area contributed by atoms with Gasteiger partial charge < -0.3 is 14.8 Å². The highest BCUT2D eigenvalue weighted by Gasteiger charge is 2.37. The Balaban J connectivity index is 1.85. The van der Waals surface area contributed by atoms with Crippen molar-refractivity contribution in [3.8, 4) is 0 Å². The van der Waals surface area contributed by atoms with Crippen LogP contribution in [0.2, 0.25) is 10.0 Å². The van der Waals surface area contributed by atoms with E-state index >= 15 is 0 Å². The van der Waals surface area contributed by atoms with Gasteiger partial charge in [0.15, 0.2) is 0 Å². The van der Waals surface area contributed by atoms with Crippen molar-refractivity contribution in [2.45, 2.75) is 10.8 Å². The summed E-state index contributed by atoms with van der Waals surface area (Å²) in [6.45, 7) is 0.238. The minimum Gasteiger partial charge on any atom is -0.468 e. The van der Waals surface area contributed by atoms with Crippen LogP contribution >= 0.6 is 35.1 Å². The molecule has 9 heteroatoms. The molecule has 0 fully saturated rings. The van der Waals surface area contributed by atoms with Crippen molar-refractivity contribution >= 4 is 58.5 Å². The Morgan fingerprint density at radius 1 is 1.19 bits per heavy atom. The number of anilines is 2. The van der Waals surface area contributed by atoms with Crippen LogP contribution in [0, 0.1) is 0 Å². The number of urea groups is 1. The van der Waals surface area contributed by atoms with Crippen LogP contribution in [-0.2, 0) is 9.53 Å². The number of amides is 2. The summed E-state index contributed by atoms with van der Waals surface area (Å²) in [6, 6.07) is 10.5. The van der Waals surface area contributed by atoms with Crippen LogP contribution in [0.3, 0.4) is 0 Å². The van der Waals surface area contributed by atoms with Crippen molar-refractivity contribution < 1.29 is 14.3 Å². The molecule has 1 aliphatic heterocycles. The Labute approximate surface area is 171 Å². The molecule has 2 amide bonds. The summed E-state index contributed by atoms with van der Waals surface area (Å²) in [6.07, 6.45) is 0. The van der Waals surface area contributed by atoms with Crippen LogP contribution in [0.15, 0.2) is 41.3 Å². The number of ether oxygens (including phenoxy) is 1. The average molecular weight is 426 g/mol. The molecular weight excluding hydrogens is 409 g/mol. The Hall–Kier alpha value is -2.09. The third kappa shape index (κ3) is 4.26. The predicted molar refractivity (Wildman–Crippen MR) is 109 cm³/mol. The fourth-order valence-electron chi connectivity index (χ4n) is 2.90. The molecular formula is C18H17Cl2N3O3S. The lowest BCUT2D eigenvalue weighted by molar-refractivity contribution is -0.141. The second-order valence-corrected chi connectivity index (χ2v) is 7.58. The van der Waals surface area contributed by atoms with Gasteiger partial charge in [0.2, 0.25) is 0 Å². The number of hydrogen-bond donors (Lipinski definition) is 2. The van der Waals surface area contributed by atoms with Gasteiger partial charge in [0.25, 0.3) is 0 Å². The number of nitrogens with one attached hydrogen (secondary N) is 2. The maximum atomic E-state index is 12.2. The smallest absolute Gasteiger partial charge is 0.321 e. The van der Waals surface area contributed by atoms with E-state index in [1.54, 1.807) is 31.3 Å². The number of hydrogen-bond acceptors (Lipinski definition) is 5. The van der Waals surface area contributed by atoms with Crippen LogP contribution in [0.4, 0.5) is 16.2 Å². The van der Waals surface area contributed by atoms with Crippen LogP contribution in [-0.4, -0.2) is 32.7 Å². The molecule has 0 radical (unpaired) electrons. The van der Waals surface area contributed by atoms with Gasteiger partial charge in [-0.2, -0.15) is 0 Å². The maximum absolute atomic E-state index is 12.2. The summed E-state index contributed by atoms with van der Waals surface area (Å²) in [4.78, 5) is 26.7. The Kier molecular flexibility index (Phi) is 6.04. The standard InChI is InChI=1S/C18H17Cl2N3O3S/c1-21-18(25)23-9-15(17(24)26-2)14-8-12(3-4-16(14)23)22-27-13-6-10(19)5-11(20)7-13/h3-8,15,22H,9H2,1-2H3,(H,21,25). The van der Waals surface area contributed by atoms with E-state index in [2.05, 4.69) is 10.0 Å². The van der Waals surface area contributed by atoms with Gasteiger partial charge in [-0.3, -0.25) is 9.69 Å². The van der Waals surface area contributed by atoms with Crippen LogP contribution in [0.5, 0.6) is 0 Å². The first-order valence-corrected chi connectivity index (χ1v) is 9.60. The van der Waals surface area contributed by atoms with E-state index in [0.29, 0.717) is 15.7 Å². The molecule has 2 N–H and O–H groups in total. The summed E-state index contributed by atoms with van der Waals surface area (Å²) >= 11 is 13.4. The molecule has 2 aromatic carbocycles. The number of rotatable bonds is 4. The monoisotopic (exact) mass is 425 g/mol. The van der Waals surface area contributed by atoms with Gasteiger partial charge >= 0.3 is 12.0 Å². The van der Waals surface area contributed by atoms with Gasteiger partial charge in [0.1, 0.15) is 5.92 Å². The number of halogens is 2. The van der Waals surface area contributed by atoms with E-state index < -0.39 is 5.92 Å². The average Bonchev–Trinajstić information content (AvgIpc) is 3.03. The van der Waals surface area contributed by atoms with E-state index in [1.165, 1.54) is 24.0 Å². The van der Waals surface area contributed by atoms with Gasteiger partial charge in [0.05, 0.1) is 7.11 Å². The second kappa shape index (κ2) is 8.29. The number of carbonyl (C=O) groups excluding carboxylic acids is 2. The zero-order chi connectivity index (χ0) is 19.6. The SMILES string of the molecule is CNC(=O)N1CC(C(=O)OC)c2cc(NSc3cc(Cl)cc(Cl)c3)ccc21. The van der Waals surface area contributed by atoms with Gasteiger partial charge in [-0.1, -0.05) is 23.2 Å². The number of esters is 1. The van der Waals surface area contributed by atoms with Crippen molar-refractivity contribution in [1.29, 1.82) is 0 Å².